The van der Waals surface area contributed by atoms with E-state index < -0.39 is 0 Å². The number of carbonyl (C=O) groups is 1. The molecule has 1 aromatic heterocycles. The summed E-state index contributed by atoms with van der Waals surface area (Å²) in [6.07, 6.45) is 2.14. The third-order valence-electron chi connectivity index (χ3n) is 2.97. The molecule has 5 nitrogen and oxygen atoms in total. The number of hydrogen-bond acceptors (Lipinski definition) is 4. The maximum atomic E-state index is 12.0. The molecule has 1 saturated heterocycles. The Kier molecular flexibility index (Phi) is 4.66. The second kappa shape index (κ2) is 6.47. The lowest BCUT2D eigenvalue weighted by Gasteiger charge is -2.28. The lowest BCUT2D eigenvalue weighted by Crippen LogP contribution is -2.46. The van der Waals surface area contributed by atoms with Gasteiger partial charge in [0.2, 0.25) is 5.91 Å². The van der Waals surface area contributed by atoms with E-state index in [4.69, 9.17) is 4.74 Å². The molecule has 1 aliphatic heterocycles. The molecule has 0 saturated carbocycles. The molecule has 98 valence electrons. The molecule has 1 atom stereocenters. The van der Waals surface area contributed by atoms with E-state index in [1.165, 1.54) is 0 Å². The van der Waals surface area contributed by atoms with Crippen LogP contribution in [-0.4, -0.2) is 55.2 Å². The van der Waals surface area contributed by atoms with E-state index in [9.17, 15) is 4.79 Å². The van der Waals surface area contributed by atoms with Crippen molar-refractivity contribution in [2.45, 2.75) is 12.5 Å². The summed E-state index contributed by atoms with van der Waals surface area (Å²) in [7, 11) is 1.81. The van der Waals surface area contributed by atoms with Gasteiger partial charge in [0.1, 0.15) is 0 Å². The van der Waals surface area contributed by atoms with Crippen molar-refractivity contribution in [3.05, 3.63) is 30.1 Å². The summed E-state index contributed by atoms with van der Waals surface area (Å²) in [5.74, 6) is 0.0721. The van der Waals surface area contributed by atoms with Gasteiger partial charge in [-0.05, 0) is 12.1 Å². The Morgan fingerprint density at radius 2 is 2.50 bits per heavy atom. The first-order valence-corrected chi connectivity index (χ1v) is 6.22. The molecule has 1 N–H and O–H groups in total. The van der Waals surface area contributed by atoms with Crippen LogP contribution in [0.2, 0.25) is 0 Å². The van der Waals surface area contributed by atoms with Crippen LogP contribution < -0.4 is 5.32 Å². The maximum absolute atomic E-state index is 12.0. The van der Waals surface area contributed by atoms with Crippen LogP contribution in [0.4, 0.5) is 0 Å². The minimum Gasteiger partial charge on any atom is -0.374 e. The van der Waals surface area contributed by atoms with Gasteiger partial charge in [-0.25, -0.2) is 0 Å². The van der Waals surface area contributed by atoms with Crippen molar-refractivity contribution in [2.24, 2.45) is 0 Å². The number of nitrogens with zero attached hydrogens (tertiary/aromatic N) is 2. The molecule has 5 heteroatoms. The van der Waals surface area contributed by atoms with Gasteiger partial charge >= 0.3 is 0 Å². The largest absolute Gasteiger partial charge is 0.374 e. The van der Waals surface area contributed by atoms with E-state index in [0.29, 0.717) is 19.6 Å². The van der Waals surface area contributed by atoms with Gasteiger partial charge in [-0.1, -0.05) is 6.07 Å². The van der Waals surface area contributed by atoms with Gasteiger partial charge in [-0.15, -0.1) is 0 Å². The Labute approximate surface area is 107 Å². The zero-order valence-corrected chi connectivity index (χ0v) is 10.6. The first-order valence-electron chi connectivity index (χ1n) is 6.22. The van der Waals surface area contributed by atoms with Crippen LogP contribution >= 0.6 is 0 Å². The van der Waals surface area contributed by atoms with Crippen molar-refractivity contribution in [1.82, 2.24) is 15.2 Å². The number of likely N-dealkylation sites (N-methyl/N-ethyl adjacent to an activating group) is 1. The second-order valence-corrected chi connectivity index (χ2v) is 4.47. The average molecular weight is 249 g/mol. The predicted molar refractivity (Wildman–Crippen MR) is 68.2 cm³/mol. The zero-order valence-electron chi connectivity index (χ0n) is 10.6. The quantitative estimate of drug-likeness (QED) is 0.820. The van der Waals surface area contributed by atoms with Crippen LogP contribution in [0.1, 0.15) is 5.69 Å². The molecule has 1 aliphatic rings. The maximum Gasteiger partial charge on any atom is 0.228 e. The highest BCUT2D eigenvalue weighted by Crippen LogP contribution is 2.02. The molecule has 1 aromatic rings. The highest BCUT2D eigenvalue weighted by atomic mass is 16.5. The zero-order chi connectivity index (χ0) is 12.8. The van der Waals surface area contributed by atoms with Gasteiger partial charge < -0.3 is 15.0 Å². The summed E-state index contributed by atoms with van der Waals surface area (Å²) in [5.41, 5.74) is 0.803. The molecule has 0 radical (unpaired) electrons. The van der Waals surface area contributed by atoms with Gasteiger partial charge in [0.25, 0.3) is 0 Å². The number of pyridine rings is 1. The smallest absolute Gasteiger partial charge is 0.228 e. The molecule has 2 heterocycles. The molecule has 1 fully saturated rings. The SMILES string of the molecule is CN(CC1CNCCO1)C(=O)Cc1ccccn1. The third-order valence-corrected chi connectivity index (χ3v) is 2.97. The molecule has 0 spiro atoms. The van der Waals surface area contributed by atoms with Crippen molar-refractivity contribution >= 4 is 5.91 Å². The Morgan fingerprint density at radius 1 is 1.61 bits per heavy atom. The van der Waals surface area contributed by atoms with Crippen LogP contribution in [0.25, 0.3) is 0 Å². The first kappa shape index (κ1) is 13.0. The predicted octanol–water partition coefficient (Wildman–Crippen LogP) is 0.0709. The van der Waals surface area contributed by atoms with Gasteiger partial charge in [0.15, 0.2) is 0 Å². The van der Waals surface area contributed by atoms with Crippen molar-refractivity contribution in [1.29, 1.82) is 0 Å². The highest BCUT2D eigenvalue weighted by molar-refractivity contribution is 5.78. The molecule has 0 bridgehead atoms. The number of morpholine rings is 1. The molecule has 0 aliphatic carbocycles. The highest BCUT2D eigenvalue weighted by Gasteiger charge is 2.18. The summed E-state index contributed by atoms with van der Waals surface area (Å²) in [6, 6.07) is 5.60. The fourth-order valence-corrected chi connectivity index (χ4v) is 1.94. The molecule has 2 rings (SSSR count). The summed E-state index contributed by atoms with van der Waals surface area (Å²) >= 11 is 0. The normalized spacial score (nSPS) is 19.5. The summed E-state index contributed by atoms with van der Waals surface area (Å²) < 4.78 is 5.58. The van der Waals surface area contributed by atoms with Crippen LogP contribution in [0.3, 0.4) is 0 Å². The van der Waals surface area contributed by atoms with Crippen LogP contribution in [0, 0.1) is 0 Å². The van der Waals surface area contributed by atoms with Crippen molar-refractivity contribution < 1.29 is 9.53 Å². The fourth-order valence-electron chi connectivity index (χ4n) is 1.94. The van der Waals surface area contributed by atoms with Crippen LogP contribution in [-0.2, 0) is 16.0 Å². The molecule has 1 amide bonds. The number of aromatic nitrogens is 1. The summed E-state index contributed by atoms with van der Waals surface area (Å²) in [5, 5.41) is 3.25. The minimum absolute atomic E-state index is 0.0721. The van der Waals surface area contributed by atoms with Crippen molar-refractivity contribution in [2.75, 3.05) is 33.3 Å². The van der Waals surface area contributed by atoms with E-state index >= 15 is 0 Å². The van der Waals surface area contributed by atoms with Gasteiger partial charge in [0.05, 0.1) is 19.1 Å². The number of amides is 1. The van der Waals surface area contributed by atoms with E-state index in [2.05, 4.69) is 10.3 Å². The van der Waals surface area contributed by atoms with E-state index in [-0.39, 0.29) is 12.0 Å². The fraction of sp³-hybridized carbons (Fsp3) is 0.538. The van der Waals surface area contributed by atoms with Gasteiger partial charge in [-0.2, -0.15) is 0 Å². The van der Waals surface area contributed by atoms with Crippen molar-refractivity contribution in [3.63, 3.8) is 0 Å². The second-order valence-electron chi connectivity index (χ2n) is 4.47. The minimum atomic E-state index is 0.0721. The molecule has 1 unspecified atom stereocenters. The molecule has 18 heavy (non-hydrogen) atoms. The lowest BCUT2D eigenvalue weighted by molar-refractivity contribution is -0.131. The Balaban J connectivity index is 1.81. The molecular weight excluding hydrogens is 230 g/mol. The van der Waals surface area contributed by atoms with Crippen LogP contribution in [0.5, 0.6) is 0 Å². The Bertz CT molecular complexity index is 377. The average Bonchev–Trinajstić information content (AvgIpc) is 2.41. The van der Waals surface area contributed by atoms with Crippen molar-refractivity contribution in [3.8, 4) is 0 Å². The number of ether oxygens (including phenoxy) is 1. The Morgan fingerprint density at radius 3 is 3.17 bits per heavy atom. The number of carbonyl (C=O) groups excluding carboxylic acids is 1. The number of rotatable bonds is 4. The summed E-state index contributed by atoms with van der Waals surface area (Å²) in [6.45, 7) is 3.04. The topological polar surface area (TPSA) is 54.5 Å². The number of hydrogen-bond donors (Lipinski definition) is 1. The summed E-state index contributed by atoms with van der Waals surface area (Å²) in [4.78, 5) is 17.9. The van der Waals surface area contributed by atoms with Gasteiger partial charge in [-0.3, -0.25) is 9.78 Å². The molecule has 0 aromatic carbocycles. The number of nitrogens with one attached hydrogen (secondary N) is 1. The monoisotopic (exact) mass is 249 g/mol. The van der Waals surface area contributed by atoms with E-state index in [0.717, 1.165) is 18.8 Å². The van der Waals surface area contributed by atoms with E-state index in [1.807, 2.05) is 25.2 Å². The van der Waals surface area contributed by atoms with Crippen LogP contribution in [0.15, 0.2) is 24.4 Å². The Hall–Kier alpha value is -1.46. The standard InChI is InChI=1S/C13H19N3O2/c1-16(10-12-9-14-6-7-18-12)13(17)8-11-4-2-3-5-15-11/h2-5,12,14H,6-10H2,1H3. The lowest BCUT2D eigenvalue weighted by atomic mass is 10.2. The first-order chi connectivity index (χ1) is 8.75. The third kappa shape index (κ3) is 3.78. The van der Waals surface area contributed by atoms with Gasteiger partial charge in [0, 0.05) is 38.6 Å². The molecular formula is C13H19N3O2. The van der Waals surface area contributed by atoms with E-state index in [1.54, 1.807) is 11.1 Å².